The summed E-state index contributed by atoms with van der Waals surface area (Å²) in [6.45, 7) is 10.6. The number of sulfonamides is 1. The first kappa shape index (κ1) is 43.9. The molecule has 5 atom stereocenters. The maximum atomic E-state index is 14.8. The molecular weight excluding hydrogens is 829 g/mol. The SMILES string of the molecule is CC(C)Oc1ccc(-c2nc(O[C@@H]3C[C@H]4C(=O)N[C@]5(C(=O)NS(=O)(=O)C6(C)CC6)C[C@@H]5/C=C\CCCCC[C@H](NC(=O)OC(C)(C)C)C(=O)N4C3)c3oc4ccccc4c3n2)cc1. The van der Waals surface area contributed by atoms with Crippen LogP contribution >= 0.6 is 0 Å². The molecule has 17 heteroatoms. The highest BCUT2D eigenvalue weighted by molar-refractivity contribution is 7.91. The van der Waals surface area contributed by atoms with Crippen LogP contribution in [0.2, 0.25) is 0 Å². The lowest BCUT2D eigenvalue weighted by atomic mass is 10.0. The highest BCUT2D eigenvalue weighted by atomic mass is 32.2. The van der Waals surface area contributed by atoms with Crippen molar-refractivity contribution in [2.45, 2.75) is 140 Å². The number of aromatic nitrogens is 2. The summed E-state index contributed by atoms with van der Waals surface area (Å²) in [5.74, 6) is -1.36. The van der Waals surface area contributed by atoms with E-state index in [4.69, 9.17) is 28.6 Å². The Morgan fingerprint density at radius 3 is 2.48 bits per heavy atom. The van der Waals surface area contributed by atoms with Crippen LogP contribution in [0.1, 0.15) is 99.3 Å². The molecular formula is C46H56N6O10S. The van der Waals surface area contributed by atoms with E-state index in [1.54, 1.807) is 27.7 Å². The summed E-state index contributed by atoms with van der Waals surface area (Å²) < 4.78 is 52.1. The van der Waals surface area contributed by atoms with Crippen molar-refractivity contribution in [1.82, 2.24) is 30.2 Å². The lowest BCUT2D eigenvalue weighted by Gasteiger charge is -2.30. The summed E-state index contributed by atoms with van der Waals surface area (Å²) in [5.41, 5.74) is -0.376. The monoisotopic (exact) mass is 884 g/mol. The molecule has 2 aromatic carbocycles. The summed E-state index contributed by atoms with van der Waals surface area (Å²) in [4.78, 5) is 67.8. The maximum absolute atomic E-state index is 14.8. The predicted octanol–water partition coefficient (Wildman–Crippen LogP) is 6.47. The van der Waals surface area contributed by atoms with Gasteiger partial charge in [0.05, 0.1) is 17.4 Å². The fraction of sp³-hybridized carbons (Fsp3) is 0.522. The molecule has 3 N–H and O–H groups in total. The molecule has 0 bridgehead atoms. The van der Waals surface area contributed by atoms with Gasteiger partial charge in [-0.2, -0.15) is 4.98 Å². The van der Waals surface area contributed by atoms with Crippen LogP contribution in [0.15, 0.2) is 65.1 Å². The minimum Gasteiger partial charge on any atom is -0.491 e. The molecule has 2 saturated carbocycles. The van der Waals surface area contributed by atoms with Crippen molar-refractivity contribution in [3.05, 3.63) is 60.7 Å². The molecule has 3 fully saturated rings. The number of amides is 4. The van der Waals surface area contributed by atoms with Crippen LogP contribution in [0.25, 0.3) is 33.5 Å². The normalized spacial score (nSPS) is 25.5. The molecule has 2 aliphatic carbocycles. The lowest BCUT2D eigenvalue weighted by Crippen LogP contribution is -2.58. The van der Waals surface area contributed by atoms with E-state index in [9.17, 15) is 27.6 Å². The molecule has 8 rings (SSSR count). The number of carbonyl (C=O) groups excluding carboxylic acids is 4. The van der Waals surface area contributed by atoms with E-state index in [0.717, 1.165) is 18.2 Å². The average Bonchev–Trinajstić information content (AvgIpc) is 4.04. The second kappa shape index (κ2) is 16.8. The molecule has 4 aliphatic rings. The number of carbonyl (C=O) groups is 4. The van der Waals surface area contributed by atoms with Crippen LogP contribution in [0.3, 0.4) is 0 Å². The van der Waals surface area contributed by atoms with Gasteiger partial charge >= 0.3 is 6.09 Å². The first-order chi connectivity index (χ1) is 29.8. The quantitative estimate of drug-likeness (QED) is 0.155. The lowest BCUT2D eigenvalue weighted by molar-refractivity contribution is -0.141. The Balaban J connectivity index is 1.14. The fourth-order valence-corrected chi connectivity index (χ4v) is 9.60. The van der Waals surface area contributed by atoms with Gasteiger partial charge in [-0.1, -0.05) is 37.1 Å². The molecule has 1 saturated heterocycles. The van der Waals surface area contributed by atoms with Crippen molar-refractivity contribution >= 4 is 55.9 Å². The Bertz CT molecular complexity index is 2560. The number of hydrogen-bond acceptors (Lipinski definition) is 12. The summed E-state index contributed by atoms with van der Waals surface area (Å²) in [7, 11) is -4.03. The van der Waals surface area contributed by atoms with Crippen molar-refractivity contribution in [2.24, 2.45) is 5.92 Å². The molecule has 16 nitrogen and oxygen atoms in total. The number of para-hydroxylation sites is 1. The van der Waals surface area contributed by atoms with Crippen molar-refractivity contribution in [3.8, 4) is 23.0 Å². The first-order valence-electron chi connectivity index (χ1n) is 21.8. The minimum absolute atomic E-state index is 0.0176. The highest BCUT2D eigenvalue weighted by Crippen LogP contribution is 2.48. The number of alkyl carbamates (subject to hydrolysis) is 1. The van der Waals surface area contributed by atoms with E-state index >= 15 is 0 Å². The largest absolute Gasteiger partial charge is 0.491 e. The van der Waals surface area contributed by atoms with Gasteiger partial charge in [-0.05, 0) is 116 Å². The van der Waals surface area contributed by atoms with E-state index in [2.05, 4.69) is 15.4 Å². The number of nitrogens with zero attached hydrogens (tertiary/aromatic N) is 3. The van der Waals surface area contributed by atoms with E-state index in [1.165, 1.54) is 4.90 Å². The van der Waals surface area contributed by atoms with Gasteiger partial charge in [0.1, 0.15) is 46.2 Å². The number of furan rings is 1. The molecule has 63 heavy (non-hydrogen) atoms. The van der Waals surface area contributed by atoms with Crippen LogP contribution in [0.4, 0.5) is 4.79 Å². The zero-order valence-electron chi connectivity index (χ0n) is 36.6. The van der Waals surface area contributed by atoms with E-state index < -0.39 is 73.8 Å². The highest BCUT2D eigenvalue weighted by Gasteiger charge is 2.63. The van der Waals surface area contributed by atoms with Crippen molar-refractivity contribution in [3.63, 3.8) is 0 Å². The third kappa shape index (κ3) is 9.34. The number of benzene rings is 2. The molecule has 2 aromatic heterocycles. The summed E-state index contributed by atoms with van der Waals surface area (Å²) in [5, 5.41) is 6.40. The number of hydrogen-bond donors (Lipinski definition) is 3. The van der Waals surface area contributed by atoms with Gasteiger partial charge in [0.25, 0.3) is 11.8 Å². The van der Waals surface area contributed by atoms with E-state index in [1.807, 2.05) is 74.5 Å². The van der Waals surface area contributed by atoms with Crippen LogP contribution in [-0.2, 0) is 29.1 Å². The number of fused-ring (bicyclic) bond motifs is 5. The van der Waals surface area contributed by atoms with E-state index in [-0.39, 0.29) is 43.4 Å². The van der Waals surface area contributed by atoms with Crippen LogP contribution in [0.5, 0.6) is 11.6 Å². The Hall–Kier alpha value is -5.71. The molecule has 4 heterocycles. The van der Waals surface area contributed by atoms with Gasteiger partial charge in [0.15, 0.2) is 5.82 Å². The summed E-state index contributed by atoms with van der Waals surface area (Å²) in [6, 6.07) is 12.5. The fourth-order valence-electron chi connectivity index (χ4n) is 8.28. The number of allylic oxidation sites excluding steroid dienone is 1. The van der Waals surface area contributed by atoms with Gasteiger partial charge in [0, 0.05) is 23.3 Å². The number of nitrogens with one attached hydrogen (secondary N) is 3. The Kier molecular flexibility index (Phi) is 11.7. The Labute approximate surface area is 366 Å². The van der Waals surface area contributed by atoms with E-state index in [0.29, 0.717) is 53.9 Å². The summed E-state index contributed by atoms with van der Waals surface area (Å²) >= 11 is 0. The standard InChI is InChI=1S/C46H56N6O10S/c1-27(2)59-30-20-18-28(19-21-30)38-48-36-32-15-12-13-17-35(32)61-37(36)40(49-38)60-31-24-34-39(53)50-46(42(55)51-63(57,58)45(6)22-23-45)25-29(46)14-10-8-7-9-11-16-33(41(54)52(34)26-31)47-43(56)62-44(3,4)5/h10,12-15,17-21,27,29,31,33-34H,7-9,11,16,22-26H2,1-6H3,(H,47,56)(H,50,53)(H,51,55)/b14-10-/t29-,31+,33-,34-,46+/m0/s1. The van der Waals surface area contributed by atoms with Crippen LogP contribution in [0, 0.1) is 5.92 Å². The smallest absolute Gasteiger partial charge is 0.408 e. The molecule has 2 aliphatic heterocycles. The van der Waals surface area contributed by atoms with Crippen molar-refractivity contribution < 1.29 is 46.2 Å². The molecule has 0 unspecified atom stereocenters. The number of ether oxygens (including phenoxy) is 3. The zero-order valence-corrected chi connectivity index (χ0v) is 37.4. The van der Waals surface area contributed by atoms with Crippen molar-refractivity contribution in [2.75, 3.05) is 6.54 Å². The third-order valence-electron chi connectivity index (χ3n) is 12.1. The second-order valence-corrected chi connectivity index (χ2v) is 20.9. The van der Waals surface area contributed by atoms with Crippen LogP contribution in [-0.4, -0.2) is 93.8 Å². The topological polar surface area (TPSA) is 208 Å². The minimum atomic E-state index is -4.03. The Morgan fingerprint density at radius 2 is 1.76 bits per heavy atom. The van der Waals surface area contributed by atoms with Gasteiger partial charge in [-0.25, -0.2) is 18.2 Å². The molecule has 336 valence electrons. The van der Waals surface area contributed by atoms with Gasteiger partial charge in [-0.3, -0.25) is 19.1 Å². The Morgan fingerprint density at radius 1 is 1.02 bits per heavy atom. The second-order valence-electron chi connectivity index (χ2n) is 18.7. The van der Waals surface area contributed by atoms with Gasteiger partial charge in [-0.15, -0.1) is 0 Å². The average molecular weight is 885 g/mol. The predicted molar refractivity (Wildman–Crippen MR) is 234 cm³/mol. The van der Waals surface area contributed by atoms with Crippen LogP contribution < -0.4 is 24.8 Å². The van der Waals surface area contributed by atoms with Gasteiger partial charge < -0.3 is 34.2 Å². The first-order valence-corrected chi connectivity index (χ1v) is 23.3. The number of rotatable bonds is 9. The third-order valence-corrected chi connectivity index (χ3v) is 14.3. The molecule has 4 aromatic rings. The molecule has 0 radical (unpaired) electrons. The van der Waals surface area contributed by atoms with Gasteiger partial charge in [0.2, 0.25) is 27.4 Å². The zero-order chi connectivity index (χ0) is 44.9. The summed E-state index contributed by atoms with van der Waals surface area (Å²) in [6.07, 6.45) is 6.21. The van der Waals surface area contributed by atoms with Crippen molar-refractivity contribution in [1.29, 1.82) is 0 Å². The molecule has 0 spiro atoms. The molecule has 4 amide bonds. The maximum Gasteiger partial charge on any atom is 0.408 e.